The Morgan fingerprint density at radius 1 is 1.14 bits per heavy atom. The fourth-order valence-electron chi connectivity index (χ4n) is 0.754. The Labute approximate surface area is 51.5 Å². The summed E-state index contributed by atoms with van der Waals surface area (Å²) < 4.78 is 3.67. The van der Waals surface area contributed by atoms with Crippen molar-refractivity contribution in [2.45, 2.75) is 26.7 Å². The number of rotatable bonds is 2. The Bertz CT molecular complexity index is 90.7. The zero-order valence-electron chi connectivity index (χ0n) is 4.91. The van der Waals surface area contributed by atoms with Crippen molar-refractivity contribution < 1.29 is 0 Å². The van der Waals surface area contributed by atoms with Gasteiger partial charge in [-0.3, -0.25) is 0 Å². The molecule has 1 rings (SSSR count). The van der Waals surface area contributed by atoms with Crippen LogP contribution in [0.25, 0.3) is 0 Å². The van der Waals surface area contributed by atoms with E-state index < -0.39 is 0 Å². The van der Waals surface area contributed by atoms with Gasteiger partial charge in [0.1, 0.15) is 0 Å². The van der Waals surface area contributed by atoms with Crippen LogP contribution in [0.5, 0.6) is 0 Å². The normalized spacial score (nSPS) is 18.0. The predicted octanol–water partition coefficient (Wildman–Crippen LogP) is 1.74. The van der Waals surface area contributed by atoms with Crippen molar-refractivity contribution in [3.63, 3.8) is 0 Å². The zero-order chi connectivity index (χ0) is 5.28. The van der Waals surface area contributed by atoms with Gasteiger partial charge in [-0.2, -0.15) is 0 Å². The summed E-state index contributed by atoms with van der Waals surface area (Å²) in [4.78, 5) is 0. The molecule has 0 spiro atoms. The third-order valence-electron chi connectivity index (χ3n) is 1.31. The van der Waals surface area contributed by atoms with E-state index in [9.17, 15) is 0 Å². The molecule has 0 amide bonds. The molecule has 0 fully saturated rings. The van der Waals surface area contributed by atoms with E-state index in [4.69, 9.17) is 0 Å². The molecule has 0 bridgehead atoms. The van der Waals surface area contributed by atoms with Crippen LogP contribution in [0, 0.1) is 0 Å². The van der Waals surface area contributed by atoms with Crippen LogP contribution >= 0.6 is 0 Å². The quantitative estimate of drug-likeness (QED) is 0.532. The van der Waals surface area contributed by atoms with E-state index in [-0.39, 0.29) is 0 Å². The second-order valence-electron chi connectivity index (χ2n) is 1.79. The molecule has 1 heterocycles. The Morgan fingerprint density at radius 3 is 1.71 bits per heavy atom. The SMILES string of the molecule is CC[C]1=[C](CC)[Ge]1. The number of hydrogen-bond donors (Lipinski definition) is 0. The van der Waals surface area contributed by atoms with Crippen molar-refractivity contribution >= 4 is 15.4 Å². The van der Waals surface area contributed by atoms with Gasteiger partial charge in [0.2, 0.25) is 0 Å². The molecular formula is C6H10Ge. The van der Waals surface area contributed by atoms with E-state index in [1.165, 1.54) is 12.8 Å². The molecule has 1 aliphatic rings. The first-order valence-electron chi connectivity index (χ1n) is 2.87. The summed E-state index contributed by atoms with van der Waals surface area (Å²) in [6.45, 7) is 4.53. The van der Waals surface area contributed by atoms with Crippen LogP contribution in [-0.2, 0) is 0 Å². The van der Waals surface area contributed by atoms with Gasteiger partial charge in [0.15, 0.2) is 0 Å². The van der Waals surface area contributed by atoms with Gasteiger partial charge in [-0.15, -0.1) is 0 Å². The van der Waals surface area contributed by atoms with Crippen LogP contribution < -0.4 is 0 Å². The van der Waals surface area contributed by atoms with Gasteiger partial charge in [-0.1, -0.05) is 0 Å². The Kier molecular flexibility index (Phi) is 1.58. The monoisotopic (exact) mass is 156 g/mol. The molecule has 0 saturated heterocycles. The Hall–Kier alpha value is 0.283. The average Bonchev–Trinajstić information content (AvgIpc) is 2.43. The fraction of sp³-hybridized carbons (Fsp3) is 0.667. The summed E-state index contributed by atoms with van der Waals surface area (Å²) in [5, 5.41) is 0. The Morgan fingerprint density at radius 2 is 1.57 bits per heavy atom. The topological polar surface area (TPSA) is 0 Å². The Balaban J connectivity index is 2.32. The maximum atomic E-state index is 2.27. The molecule has 0 saturated carbocycles. The van der Waals surface area contributed by atoms with Gasteiger partial charge >= 0.3 is 50.9 Å². The summed E-state index contributed by atoms with van der Waals surface area (Å²) in [5.41, 5.74) is 0. The van der Waals surface area contributed by atoms with Crippen LogP contribution in [0.3, 0.4) is 0 Å². The molecule has 0 aromatic rings. The average molecular weight is 155 g/mol. The molecule has 1 heteroatoms. The molecule has 2 radical (unpaired) electrons. The third-order valence-corrected chi connectivity index (χ3v) is 4.80. The van der Waals surface area contributed by atoms with E-state index in [2.05, 4.69) is 13.8 Å². The summed E-state index contributed by atoms with van der Waals surface area (Å²) in [6.07, 6.45) is 2.70. The van der Waals surface area contributed by atoms with Crippen LogP contribution in [-0.4, -0.2) is 15.4 Å². The molecule has 0 atom stereocenters. The van der Waals surface area contributed by atoms with Gasteiger partial charge in [-0.05, 0) is 0 Å². The molecule has 0 N–H and O–H groups in total. The predicted molar refractivity (Wildman–Crippen MR) is 33.4 cm³/mol. The second kappa shape index (κ2) is 2.03. The van der Waals surface area contributed by atoms with Crippen molar-refractivity contribution in [2.75, 3.05) is 0 Å². The van der Waals surface area contributed by atoms with Crippen molar-refractivity contribution in [3.8, 4) is 0 Å². The van der Waals surface area contributed by atoms with E-state index in [0.29, 0.717) is 15.4 Å². The fourth-order valence-corrected chi connectivity index (χ4v) is 2.87. The molecule has 0 aromatic heterocycles. The van der Waals surface area contributed by atoms with Crippen molar-refractivity contribution in [2.24, 2.45) is 0 Å². The van der Waals surface area contributed by atoms with E-state index >= 15 is 0 Å². The number of allylic oxidation sites excluding steroid dienone is 2. The molecular weight excluding hydrogens is 145 g/mol. The molecule has 0 unspecified atom stereocenters. The molecule has 0 aromatic carbocycles. The molecule has 0 nitrogen and oxygen atoms in total. The van der Waals surface area contributed by atoms with E-state index in [0.717, 1.165) is 0 Å². The van der Waals surface area contributed by atoms with E-state index in [1.54, 1.807) is 0 Å². The van der Waals surface area contributed by atoms with Crippen molar-refractivity contribution in [1.29, 1.82) is 0 Å². The number of hydrogen-bond acceptors (Lipinski definition) is 0. The molecule has 1 aliphatic heterocycles. The van der Waals surface area contributed by atoms with Gasteiger partial charge in [0.25, 0.3) is 0 Å². The maximum absolute atomic E-state index is 2.27. The van der Waals surface area contributed by atoms with Crippen LogP contribution in [0.1, 0.15) is 26.7 Å². The summed E-state index contributed by atoms with van der Waals surface area (Å²) in [7, 11) is 0. The third kappa shape index (κ3) is 1.09. The van der Waals surface area contributed by atoms with Crippen LogP contribution in [0.4, 0.5) is 0 Å². The minimum atomic E-state index is 0.431. The minimum absolute atomic E-state index is 0.431. The van der Waals surface area contributed by atoms with Crippen molar-refractivity contribution in [1.82, 2.24) is 0 Å². The van der Waals surface area contributed by atoms with Gasteiger partial charge in [-0.25, -0.2) is 0 Å². The second-order valence-corrected chi connectivity index (χ2v) is 4.85. The first kappa shape index (κ1) is 5.42. The first-order valence-corrected chi connectivity index (χ1v) is 4.97. The summed E-state index contributed by atoms with van der Waals surface area (Å²) >= 11 is 0.431. The molecule has 38 valence electrons. The summed E-state index contributed by atoms with van der Waals surface area (Å²) in [6, 6.07) is 0. The first-order chi connectivity index (χ1) is 3.38. The molecule has 0 aliphatic carbocycles. The molecule has 7 heavy (non-hydrogen) atoms. The summed E-state index contributed by atoms with van der Waals surface area (Å²) in [5.74, 6) is 0. The van der Waals surface area contributed by atoms with Gasteiger partial charge < -0.3 is 0 Å². The van der Waals surface area contributed by atoms with Gasteiger partial charge in [0.05, 0.1) is 0 Å². The van der Waals surface area contributed by atoms with Crippen LogP contribution in [0.2, 0.25) is 0 Å². The zero-order valence-corrected chi connectivity index (χ0v) is 7.01. The van der Waals surface area contributed by atoms with Gasteiger partial charge in [0, 0.05) is 0 Å². The standard InChI is InChI=1S/C6H10Ge/c1-3-5-6(4-2)7-5/h3-4H2,1-2H3. The van der Waals surface area contributed by atoms with E-state index in [1.807, 2.05) is 8.81 Å². The van der Waals surface area contributed by atoms with Crippen molar-refractivity contribution in [3.05, 3.63) is 8.81 Å². The van der Waals surface area contributed by atoms with Crippen LogP contribution in [0.15, 0.2) is 8.81 Å².